The molecule has 184 valence electrons. The minimum Gasteiger partial charge on any atom is -0.391 e. The summed E-state index contributed by atoms with van der Waals surface area (Å²) in [4.78, 5) is 39.9. The first kappa shape index (κ1) is 25.9. The minimum atomic E-state index is -1.30. The Morgan fingerprint density at radius 3 is 2.03 bits per heavy atom. The lowest BCUT2D eigenvalue weighted by Gasteiger charge is -2.19. The van der Waals surface area contributed by atoms with Gasteiger partial charge < -0.3 is 21.1 Å². The van der Waals surface area contributed by atoms with Crippen LogP contribution in [0.3, 0.4) is 0 Å². The summed E-state index contributed by atoms with van der Waals surface area (Å²) in [7, 11) is 0. The Labute approximate surface area is 207 Å². The fourth-order valence-corrected chi connectivity index (χ4v) is 3.04. The Balaban J connectivity index is 1.54. The number of aliphatic hydroxyl groups is 1. The van der Waals surface area contributed by atoms with Gasteiger partial charge in [-0.05, 0) is 67.6 Å². The average molecular weight is 488 g/mol. The van der Waals surface area contributed by atoms with Gasteiger partial charge in [-0.1, -0.05) is 11.8 Å². The van der Waals surface area contributed by atoms with Crippen LogP contribution in [0.5, 0.6) is 0 Å². The van der Waals surface area contributed by atoms with Gasteiger partial charge in [0, 0.05) is 40.5 Å². The van der Waals surface area contributed by atoms with E-state index in [4.69, 9.17) is 5.21 Å². The number of nitrogens with zero attached hydrogens (tertiary/aromatic N) is 1. The van der Waals surface area contributed by atoms with Crippen molar-refractivity contribution < 1.29 is 24.7 Å². The van der Waals surface area contributed by atoms with Crippen LogP contribution >= 0.6 is 0 Å². The van der Waals surface area contributed by atoms with Crippen molar-refractivity contribution in [3.63, 3.8) is 0 Å². The van der Waals surface area contributed by atoms with Crippen molar-refractivity contribution in [3.05, 3.63) is 89.7 Å². The lowest BCUT2D eigenvalue weighted by atomic mass is 10.1. The fraction of sp³-hybridized carbons (Fsp3) is 0.154. The fourth-order valence-electron chi connectivity index (χ4n) is 3.04. The number of hydrogen-bond donors (Lipinski definition) is 6. The largest absolute Gasteiger partial charge is 0.391 e. The molecule has 0 bridgehead atoms. The third kappa shape index (κ3) is 7.66. The van der Waals surface area contributed by atoms with Gasteiger partial charge in [-0.2, -0.15) is 0 Å². The van der Waals surface area contributed by atoms with Crippen LogP contribution in [0.25, 0.3) is 0 Å². The molecule has 3 amide bonds. The number of nitrogens with one attached hydrogen (secondary N) is 4. The number of pyridine rings is 1. The van der Waals surface area contributed by atoms with Gasteiger partial charge in [-0.15, -0.1) is 0 Å². The molecule has 0 aliphatic rings. The first-order chi connectivity index (χ1) is 17.4. The maximum Gasteiger partial charge on any atom is 0.268 e. The Hall–Kier alpha value is -4.72. The van der Waals surface area contributed by atoms with Gasteiger partial charge in [0.1, 0.15) is 6.04 Å². The first-order valence-corrected chi connectivity index (χ1v) is 10.9. The number of benzene rings is 2. The second-order valence-corrected chi connectivity index (χ2v) is 7.71. The van der Waals surface area contributed by atoms with Gasteiger partial charge >= 0.3 is 0 Å². The zero-order chi connectivity index (χ0) is 25.9. The number of hydroxylamine groups is 1. The van der Waals surface area contributed by atoms with E-state index in [1.54, 1.807) is 60.9 Å². The van der Waals surface area contributed by atoms with Crippen LogP contribution in [0.4, 0.5) is 11.4 Å². The van der Waals surface area contributed by atoms with Crippen molar-refractivity contribution >= 4 is 29.1 Å². The number of amides is 3. The molecule has 0 radical (unpaired) electrons. The summed E-state index contributed by atoms with van der Waals surface area (Å²) in [6.45, 7) is 1.44. The van der Waals surface area contributed by atoms with E-state index in [1.165, 1.54) is 24.5 Å². The zero-order valence-electron chi connectivity index (χ0n) is 19.4. The van der Waals surface area contributed by atoms with E-state index in [9.17, 15) is 19.5 Å². The van der Waals surface area contributed by atoms with E-state index >= 15 is 0 Å². The monoisotopic (exact) mass is 487 g/mol. The van der Waals surface area contributed by atoms with Crippen molar-refractivity contribution in [2.75, 3.05) is 17.2 Å². The lowest BCUT2D eigenvalue weighted by Crippen LogP contribution is -2.51. The van der Waals surface area contributed by atoms with Crippen LogP contribution < -0.4 is 21.4 Å². The first-order valence-electron chi connectivity index (χ1n) is 10.9. The summed E-state index contributed by atoms with van der Waals surface area (Å²) in [5.41, 5.74) is 4.51. The standard InChI is InChI=1S/C26H25N5O5/c1-17(32)24(26(35)31-36)30-25(34)20-8-4-18(5-9-20)2-3-19-6-10-22(11-7-19)29-23(33)16-28-21-12-14-27-15-13-21/h4-15,17,24,32,36H,16H2,1H3,(H,27,28)(H,29,33)(H,30,34)(H,31,35)/t17-,24+/m1/s1. The topological polar surface area (TPSA) is 153 Å². The lowest BCUT2D eigenvalue weighted by molar-refractivity contribution is -0.133. The molecule has 0 aliphatic heterocycles. The average Bonchev–Trinajstić information content (AvgIpc) is 2.90. The molecule has 0 fully saturated rings. The number of hydrogen-bond acceptors (Lipinski definition) is 7. The molecule has 6 N–H and O–H groups in total. The second-order valence-electron chi connectivity index (χ2n) is 7.71. The van der Waals surface area contributed by atoms with E-state index in [-0.39, 0.29) is 18.0 Å². The second kappa shape index (κ2) is 12.7. The molecule has 3 rings (SSSR count). The molecule has 1 heterocycles. The Morgan fingerprint density at radius 1 is 0.889 bits per heavy atom. The van der Waals surface area contributed by atoms with Crippen molar-refractivity contribution in [3.8, 4) is 11.8 Å². The van der Waals surface area contributed by atoms with Crippen LogP contribution in [-0.2, 0) is 9.59 Å². The number of carbonyl (C=O) groups excluding carboxylic acids is 3. The number of anilines is 2. The zero-order valence-corrected chi connectivity index (χ0v) is 19.4. The van der Waals surface area contributed by atoms with E-state index in [0.29, 0.717) is 11.3 Å². The predicted molar refractivity (Wildman–Crippen MR) is 133 cm³/mol. The van der Waals surface area contributed by atoms with Gasteiger partial charge in [0.05, 0.1) is 12.6 Å². The highest BCUT2D eigenvalue weighted by atomic mass is 16.5. The molecule has 3 aromatic rings. The Morgan fingerprint density at radius 2 is 1.47 bits per heavy atom. The highest BCUT2D eigenvalue weighted by molar-refractivity contribution is 5.97. The van der Waals surface area contributed by atoms with Gasteiger partial charge in [0.25, 0.3) is 11.8 Å². The molecular weight excluding hydrogens is 462 g/mol. The van der Waals surface area contributed by atoms with Crippen LogP contribution in [-0.4, -0.2) is 51.7 Å². The van der Waals surface area contributed by atoms with Crippen LogP contribution in [0, 0.1) is 11.8 Å². The molecule has 2 aromatic carbocycles. The van der Waals surface area contributed by atoms with Crippen LogP contribution in [0.15, 0.2) is 73.1 Å². The summed E-state index contributed by atoms with van der Waals surface area (Å²) >= 11 is 0. The highest BCUT2D eigenvalue weighted by Gasteiger charge is 2.25. The van der Waals surface area contributed by atoms with E-state index in [0.717, 1.165) is 11.3 Å². The smallest absolute Gasteiger partial charge is 0.268 e. The molecule has 36 heavy (non-hydrogen) atoms. The Bertz CT molecular complexity index is 1250. The summed E-state index contributed by atoms with van der Waals surface area (Å²) in [6.07, 6.45) is 2.08. The molecule has 0 unspecified atom stereocenters. The van der Waals surface area contributed by atoms with Crippen LogP contribution in [0.1, 0.15) is 28.4 Å². The summed E-state index contributed by atoms with van der Waals surface area (Å²) in [6, 6.07) is 15.7. The molecule has 0 saturated heterocycles. The summed E-state index contributed by atoms with van der Waals surface area (Å²) < 4.78 is 0. The van der Waals surface area contributed by atoms with E-state index in [2.05, 4.69) is 32.8 Å². The normalized spacial score (nSPS) is 11.8. The summed E-state index contributed by atoms with van der Waals surface area (Å²) in [5, 5.41) is 26.5. The molecule has 0 saturated carbocycles. The van der Waals surface area contributed by atoms with Crippen molar-refractivity contribution in [2.24, 2.45) is 0 Å². The quantitative estimate of drug-likeness (QED) is 0.160. The van der Waals surface area contributed by atoms with E-state index in [1.807, 2.05) is 0 Å². The van der Waals surface area contributed by atoms with Gasteiger partial charge in [0.15, 0.2) is 0 Å². The highest BCUT2D eigenvalue weighted by Crippen LogP contribution is 2.10. The van der Waals surface area contributed by atoms with Gasteiger partial charge in [-0.3, -0.25) is 24.6 Å². The molecular formula is C26H25N5O5. The SMILES string of the molecule is C[C@@H](O)[C@H](NC(=O)c1ccc(C#Cc2ccc(NC(=O)CNc3ccncc3)cc2)cc1)C(=O)NO. The maximum absolute atomic E-state index is 12.3. The predicted octanol–water partition coefficient (Wildman–Crippen LogP) is 1.52. The van der Waals surface area contributed by atoms with Gasteiger partial charge in [0.2, 0.25) is 5.91 Å². The molecule has 2 atom stereocenters. The third-order valence-corrected chi connectivity index (χ3v) is 4.96. The maximum atomic E-state index is 12.3. The van der Waals surface area contributed by atoms with Crippen molar-refractivity contribution in [2.45, 2.75) is 19.1 Å². The van der Waals surface area contributed by atoms with Crippen LogP contribution in [0.2, 0.25) is 0 Å². The third-order valence-electron chi connectivity index (χ3n) is 4.96. The molecule has 1 aromatic heterocycles. The minimum absolute atomic E-state index is 0.119. The van der Waals surface area contributed by atoms with Crippen molar-refractivity contribution in [1.29, 1.82) is 0 Å². The summed E-state index contributed by atoms with van der Waals surface area (Å²) in [5.74, 6) is 4.31. The van der Waals surface area contributed by atoms with Gasteiger partial charge in [-0.25, -0.2) is 5.48 Å². The number of aromatic nitrogens is 1. The molecule has 10 heteroatoms. The van der Waals surface area contributed by atoms with E-state index < -0.39 is 24.0 Å². The van der Waals surface area contributed by atoms with Crippen molar-refractivity contribution in [1.82, 2.24) is 15.8 Å². The molecule has 10 nitrogen and oxygen atoms in total. The molecule has 0 spiro atoms. The Kier molecular flexibility index (Phi) is 9.11. The number of carbonyl (C=O) groups is 3. The molecule has 0 aliphatic carbocycles. The number of rotatable bonds is 8. The number of aliphatic hydroxyl groups excluding tert-OH is 1.